The fraction of sp³-hybridized carbons (Fsp3) is 0.500. The van der Waals surface area contributed by atoms with Gasteiger partial charge in [-0.1, -0.05) is 18.1 Å². The number of ether oxygens (including phenoxy) is 1. The minimum absolute atomic E-state index is 0.121. The van der Waals surface area contributed by atoms with Gasteiger partial charge < -0.3 is 15.4 Å². The maximum atomic E-state index is 13.2. The van der Waals surface area contributed by atoms with E-state index in [1.165, 1.54) is 12.1 Å². The molecule has 0 atom stereocenters. The normalized spacial score (nSPS) is 17.3. The molecule has 4 nitrogen and oxygen atoms in total. The van der Waals surface area contributed by atoms with Gasteiger partial charge in [0, 0.05) is 25.2 Å². The van der Waals surface area contributed by atoms with Crippen LogP contribution in [-0.2, 0) is 10.2 Å². The van der Waals surface area contributed by atoms with Crippen molar-refractivity contribution in [3.63, 3.8) is 0 Å². The van der Waals surface area contributed by atoms with E-state index in [9.17, 15) is 4.39 Å². The van der Waals surface area contributed by atoms with E-state index in [1.54, 1.807) is 0 Å². The first kappa shape index (κ1) is 17.3. The number of nitrogens with one attached hydrogen (secondary N) is 2. The summed E-state index contributed by atoms with van der Waals surface area (Å²) in [6.45, 7) is 5.21. The summed E-state index contributed by atoms with van der Waals surface area (Å²) in [7, 11) is 0. The standard InChI is InChI=1S/C18H24FN3O/c1-3-11-21-17(20-4-2)22-14-18(9-12-23-13-10-18)15-5-7-16(19)8-6-15/h1,5-8H,4,9-14H2,2H3,(H2,20,21,22). The Morgan fingerprint density at radius 1 is 1.30 bits per heavy atom. The van der Waals surface area contributed by atoms with E-state index in [0.717, 1.165) is 24.9 Å². The summed E-state index contributed by atoms with van der Waals surface area (Å²) < 4.78 is 18.8. The van der Waals surface area contributed by atoms with Crippen LogP contribution in [0, 0.1) is 18.2 Å². The van der Waals surface area contributed by atoms with E-state index in [4.69, 9.17) is 16.2 Å². The predicted octanol–water partition coefficient (Wildman–Crippen LogP) is 2.06. The summed E-state index contributed by atoms with van der Waals surface area (Å²) in [6, 6.07) is 6.74. The van der Waals surface area contributed by atoms with Crippen molar-refractivity contribution in [2.75, 3.05) is 32.8 Å². The molecule has 23 heavy (non-hydrogen) atoms. The minimum Gasteiger partial charge on any atom is -0.381 e. The number of rotatable bonds is 5. The predicted molar refractivity (Wildman–Crippen MR) is 90.9 cm³/mol. The van der Waals surface area contributed by atoms with Gasteiger partial charge in [0.2, 0.25) is 0 Å². The first-order valence-corrected chi connectivity index (χ1v) is 7.99. The van der Waals surface area contributed by atoms with Crippen LogP contribution in [0.2, 0.25) is 0 Å². The lowest BCUT2D eigenvalue weighted by Gasteiger charge is -2.36. The number of halogens is 1. The lowest BCUT2D eigenvalue weighted by molar-refractivity contribution is 0.0531. The van der Waals surface area contributed by atoms with Gasteiger partial charge in [0.1, 0.15) is 5.82 Å². The van der Waals surface area contributed by atoms with Crippen LogP contribution in [0.4, 0.5) is 4.39 Å². The number of guanidine groups is 1. The zero-order valence-electron chi connectivity index (χ0n) is 13.6. The summed E-state index contributed by atoms with van der Waals surface area (Å²) >= 11 is 0. The SMILES string of the molecule is C#CCNC(=NCC1(c2ccc(F)cc2)CCOCC1)NCC. The van der Waals surface area contributed by atoms with Crippen LogP contribution in [0.3, 0.4) is 0 Å². The van der Waals surface area contributed by atoms with Gasteiger partial charge in [-0.05, 0) is 37.5 Å². The Hall–Kier alpha value is -2.06. The molecule has 0 spiro atoms. The van der Waals surface area contributed by atoms with Crippen LogP contribution >= 0.6 is 0 Å². The van der Waals surface area contributed by atoms with Gasteiger partial charge in [0.25, 0.3) is 0 Å². The Labute approximate surface area is 137 Å². The molecule has 0 amide bonds. The third-order valence-corrected chi connectivity index (χ3v) is 4.15. The molecule has 124 valence electrons. The number of hydrogen-bond acceptors (Lipinski definition) is 2. The van der Waals surface area contributed by atoms with Crippen molar-refractivity contribution in [1.82, 2.24) is 10.6 Å². The molecule has 1 fully saturated rings. The number of nitrogens with zero attached hydrogens (tertiary/aromatic N) is 1. The van der Waals surface area contributed by atoms with Crippen molar-refractivity contribution >= 4 is 5.96 Å². The molecule has 0 saturated carbocycles. The van der Waals surface area contributed by atoms with Crippen molar-refractivity contribution in [1.29, 1.82) is 0 Å². The van der Waals surface area contributed by atoms with Crippen molar-refractivity contribution in [2.45, 2.75) is 25.2 Å². The Bertz CT molecular complexity index is 557. The second kappa shape index (κ2) is 8.54. The quantitative estimate of drug-likeness (QED) is 0.496. The fourth-order valence-electron chi connectivity index (χ4n) is 2.81. The summed E-state index contributed by atoms with van der Waals surface area (Å²) in [6.07, 6.45) is 7.04. The molecule has 1 aliphatic rings. The number of terminal acetylenes is 1. The number of aliphatic imine (C=N–C) groups is 1. The van der Waals surface area contributed by atoms with Crippen molar-refractivity contribution in [3.8, 4) is 12.3 Å². The largest absolute Gasteiger partial charge is 0.381 e. The molecule has 2 rings (SSSR count). The van der Waals surface area contributed by atoms with Crippen LogP contribution in [0.15, 0.2) is 29.3 Å². The van der Waals surface area contributed by atoms with Gasteiger partial charge in [0.05, 0.1) is 13.1 Å². The summed E-state index contributed by atoms with van der Waals surface area (Å²) in [5.74, 6) is 3.04. The molecule has 1 heterocycles. The lowest BCUT2D eigenvalue weighted by Crippen LogP contribution is -2.41. The average Bonchev–Trinajstić information content (AvgIpc) is 2.59. The Morgan fingerprint density at radius 2 is 2.00 bits per heavy atom. The molecule has 0 aliphatic carbocycles. The van der Waals surface area contributed by atoms with Crippen LogP contribution in [0.5, 0.6) is 0 Å². The van der Waals surface area contributed by atoms with Gasteiger partial charge in [-0.15, -0.1) is 6.42 Å². The Kier molecular flexibility index (Phi) is 6.42. The maximum absolute atomic E-state index is 13.2. The van der Waals surface area contributed by atoms with Gasteiger partial charge in [-0.3, -0.25) is 4.99 Å². The fourth-order valence-corrected chi connectivity index (χ4v) is 2.81. The van der Waals surface area contributed by atoms with Crippen LogP contribution in [0.1, 0.15) is 25.3 Å². The lowest BCUT2D eigenvalue weighted by atomic mass is 9.74. The second-order valence-electron chi connectivity index (χ2n) is 5.65. The first-order valence-electron chi connectivity index (χ1n) is 7.99. The van der Waals surface area contributed by atoms with Gasteiger partial charge in [-0.2, -0.15) is 0 Å². The molecule has 0 radical (unpaired) electrons. The van der Waals surface area contributed by atoms with E-state index in [1.807, 2.05) is 19.1 Å². The monoisotopic (exact) mass is 317 g/mol. The zero-order chi connectivity index (χ0) is 16.5. The molecular formula is C18H24FN3O. The topological polar surface area (TPSA) is 45.7 Å². The third-order valence-electron chi connectivity index (χ3n) is 4.15. The molecule has 0 bridgehead atoms. The highest BCUT2D eigenvalue weighted by Gasteiger charge is 2.34. The summed E-state index contributed by atoms with van der Waals surface area (Å²) in [5, 5.41) is 6.29. The van der Waals surface area contributed by atoms with Crippen LogP contribution < -0.4 is 10.6 Å². The number of hydrogen-bond donors (Lipinski definition) is 2. The van der Waals surface area contributed by atoms with Crippen LogP contribution in [0.25, 0.3) is 0 Å². The average molecular weight is 317 g/mol. The molecular weight excluding hydrogens is 293 g/mol. The van der Waals surface area contributed by atoms with E-state index < -0.39 is 0 Å². The van der Waals surface area contributed by atoms with E-state index in [0.29, 0.717) is 32.3 Å². The van der Waals surface area contributed by atoms with Crippen molar-refractivity contribution in [3.05, 3.63) is 35.6 Å². The highest BCUT2D eigenvalue weighted by molar-refractivity contribution is 5.80. The van der Waals surface area contributed by atoms with Crippen molar-refractivity contribution < 1.29 is 9.13 Å². The minimum atomic E-state index is -0.219. The van der Waals surface area contributed by atoms with E-state index in [2.05, 4.69) is 16.6 Å². The number of benzene rings is 1. The second-order valence-corrected chi connectivity index (χ2v) is 5.65. The molecule has 2 N–H and O–H groups in total. The molecule has 1 aliphatic heterocycles. The molecule has 1 aromatic carbocycles. The zero-order valence-corrected chi connectivity index (χ0v) is 13.6. The molecule has 1 saturated heterocycles. The van der Waals surface area contributed by atoms with Gasteiger partial charge >= 0.3 is 0 Å². The summed E-state index contributed by atoms with van der Waals surface area (Å²) in [4.78, 5) is 4.70. The molecule has 0 unspecified atom stereocenters. The molecule has 5 heteroatoms. The highest BCUT2D eigenvalue weighted by atomic mass is 19.1. The highest BCUT2D eigenvalue weighted by Crippen LogP contribution is 2.35. The molecule has 1 aromatic rings. The Balaban J connectivity index is 2.20. The van der Waals surface area contributed by atoms with E-state index >= 15 is 0 Å². The Morgan fingerprint density at radius 3 is 2.61 bits per heavy atom. The maximum Gasteiger partial charge on any atom is 0.192 e. The molecule has 0 aromatic heterocycles. The smallest absolute Gasteiger partial charge is 0.192 e. The van der Waals surface area contributed by atoms with E-state index in [-0.39, 0.29) is 11.2 Å². The van der Waals surface area contributed by atoms with Crippen LogP contribution in [-0.4, -0.2) is 38.8 Å². The van der Waals surface area contributed by atoms with Gasteiger partial charge in [0.15, 0.2) is 5.96 Å². The van der Waals surface area contributed by atoms with Crippen molar-refractivity contribution in [2.24, 2.45) is 4.99 Å². The van der Waals surface area contributed by atoms with Gasteiger partial charge in [-0.25, -0.2) is 4.39 Å². The first-order chi connectivity index (χ1) is 11.2. The summed E-state index contributed by atoms with van der Waals surface area (Å²) in [5.41, 5.74) is 0.989. The third kappa shape index (κ3) is 4.70.